The Bertz CT molecular complexity index is 201. The first-order chi connectivity index (χ1) is 5.40. The Hall–Kier alpha value is -1.04. The molecule has 1 amide bonds. The minimum absolute atomic E-state index is 0.196. The lowest BCUT2D eigenvalue weighted by Crippen LogP contribution is -2.37. The molecule has 0 aromatic carbocycles. The predicted octanol–water partition coefficient (Wildman–Crippen LogP) is 1.31. The molecule has 0 atom stereocenters. The van der Waals surface area contributed by atoms with E-state index in [0.29, 0.717) is 12.5 Å². The van der Waals surface area contributed by atoms with Gasteiger partial charge >= 0.3 is 0 Å². The summed E-state index contributed by atoms with van der Waals surface area (Å²) in [4.78, 5) is 11.3. The molecule has 0 rings (SSSR count). The molecule has 0 saturated carbocycles. The Morgan fingerprint density at radius 2 is 2.08 bits per heavy atom. The third-order valence-electron chi connectivity index (χ3n) is 1.52. The zero-order valence-corrected chi connectivity index (χ0v) is 8.14. The summed E-state index contributed by atoms with van der Waals surface area (Å²) in [5, 5.41) is 11.3. The molecule has 12 heavy (non-hydrogen) atoms. The van der Waals surface area contributed by atoms with Crippen molar-refractivity contribution in [2.24, 2.45) is 11.3 Å². The summed E-state index contributed by atoms with van der Waals surface area (Å²) in [6, 6.07) is 1.95. The van der Waals surface area contributed by atoms with Gasteiger partial charge < -0.3 is 5.32 Å². The highest BCUT2D eigenvalue weighted by Crippen LogP contribution is 2.12. The molecule has 0 fully saturated rings. The van der Waals surface area contributed by atoms with Gasteiger partial charge in [-0.1, -0.05) is 13.8 Å². The number of amides is 1. The van der Waals surface area contributed by atoms with Crippen LogP contribution in [0.2, 0.25) is 0 Å². The van der Waals surface area contributed by atoms with Crippen molar-refractivity contribution in [2.75, 3.05) is 6.54 Å². The van der Waals surface area contributed by atoms with Crippen molar-refractivity contribution in [2.45, 2.75) is 27.7 Å². The number of carbonyl (C=O) groups is 1. The summed E-state index contributed by atoms with van der Waals surface area (Å²) in [6.07, 6.45) is 0. The smallest absolute Gasteiger partial charge is 0.239 e. The van der Waals surface area contributed by atoms with E-state index in [1.807, 2.05) is 19.9 Å². The van der Waals surface area contributed by atoms with E-state index in [4.69, 9.17) is 5.26 Å². The van der Waals surface area contributed by atoms with E-state index >= 15 is 0 Å². The van der Waals surface area contributed by atoms with Crippen molar-refractivity contribution in [1.29, 1.82) is 5.26 Å². The van der Waals surface area contributed by atoms with Crippen molar-refractivity contribution in [3.05, 3.63) is 0 Å². The lowest BCUT2D eigenvalue weighted by atomic mass is 9.94. The first kappa shape index (κ1) is 11.0. The molecule has 0 aliphatic rings. The second kappa shape index (κ2) is 4.10. The SMILES string of the molecule is CC(C)CNC(=O)C(C)(C)C#N. The number of nitrogens with one attached hydrogen (secondary N) is 1. The maximum atomic E-state index is 11.3. The van der Waals surface area contributed by atoms with Crippen molar-refractivity contribution >= 4 is 5.91 Å². The fraction of sp³-hybridized carbons (Fsp3) is 0.778. The van der Waals surface area contributed by atoms with Gasteiger partial charge in [0.05, 0.1) is 6.07 Å². The zero-order chi connectivity index (χ0) is 9.78. The second-order valence-corrected chi connectivity index (χ2v) is 3.84. The number of rotatable bonds is 3. The number of hydrogen-bond donors (Lipinski definition) is 1. The largest absolute Gasteiger partial charge is 0.354 e. The highest BCUT2D eigenvalue weighted by atomic mass is 16.2. The minimum Gasteiger partial charge on any atom is -0.354 e. The molecule has 0 saturated heterocycles. The number of hydrogen-bond acceptors (Lipinski definition) is 2. The molecule has 0 unspecified atom stereocenters. The summed E-state index contributed by atoms with van der Waals surface area (Å²) in [6.45, 7) is 7.88. The van der Waals surface area contributed by atoms with Gasteiger partial charge in [0, 0.05) is 6.54 Å². The Morgan fingerprint density at radius 1 is 1.58 bits per heavy atom. The van der Waals surface area contributed by atoms with Crippen LogP contribution in [0, 0.1) is 22.7 Å². The van der Waals surface area contributed by atoms with E-state index in [2.05, 4.69) is 5.32 Å². The molecule has 0 radical (unpaired) electrons. The molecule has 3 nitrogen and oxygen atoms in total. The average Bonchev–Trinajstić information content (AvgIpc) is 2.00. The Kier molecular flexibility index (Phi) is 3.75. The van der Waals surface area contributed by atoms with Crippen molar-refractivity contribution in [3.8, 4) is 6.07 Å². The van der Waals surface area contributed by atoms with Gasteiger partial charge in [-0.3, -0.25) is 4.79 Å². The Morgan fingerprint density at radius 3 is 2.42 bits per heavy atom. The van der Waals surface area contributed by atoms with Crippen molar-refractivity contribution in [1.82, 2.24) is 5.32 Å². The molecule has 3 heteroatoms. The Balaban J connectivity index is 3.99. The van der Waals surface area contributed by atoms with Crippen LogP contribution in [0.1, 0.15) is 27.7 Å². The van der Waals surface area contributed by atoms with Crippen LogP contribution in [0.5, 0.6) is 0 Å². The first-order valence-electron chi connectivity index (χ1n) is 4.09. The fourth-order valence-electron chi connectivity index (χ4n) is 0.569. The molecule has 1 N–H and O–H groups in total. The van der Waals surface area contributed by atoms with Crippen LogP contribution in [0.3, 0.4) is 0 Å². The van der Waals surface area contributed by atoms with Gasteiger partial charge in [0.2, 0.25) is 5.91 Å². The molecule has 0 aliphatic heterocycles. The van der Waals surface area contributed by atoms with Crippen LogP contribution in [0.25, 0.3) is 0 Å². The third kappa shape index (κ3) is 3.38. The molecule has 68 valence electrons. The van der Waals surface area contributed by atoms with E-state index in [1.54, 1.807) is 13.8 Å². The van der Waals surface area contributed by atoms with Gasteiger partial charge in [0.15, 0.2) is 0 Å². The third-order valence-corrected chi connectivity index (χ3v) is 1.52. The van der Waals surface area contributed by atoms with Crippen LogP contribution in [-0.2, 0) is 4.79 Å². The summed E-state index contributed by atoms with van der Waals surface area (Å²) in [5.41, 5.74) is -0.908. The van der Waals surface area contributed by atoms with E-state index in [0.717, 1.165) is 0 Å². The Labute approximate surface area is 73.8 Å². The average molecular weight is 168 g/mol. The number of nitriles is 1. The molecule has 0 heterocycles. The first-order valence-corrected chi connectivity index (χ1v) is 4.09. The van der Waals surface area contributed by atoms with E-state index < -0.39 is 5.41 Å². The van der Waals surface area contributed by atoms with Gasteiger partial charge in [0.1, 0.15) is 5.41 Å². The highest BCUT2D eigenvalue weighted by molar-refractivity contribution is 5.84. The molecular formula is C9H16N2O. The zero-order valence-electron chi connectivity index (χ0n) is 8.14. The van der Waals surface area contributed by atoms with Crippen LogP contribution in [0.4, 0.5) is 0 Å². The second-order valence-electron chi connectivity index (χ2n) is 3.84. The lowest BCUT2D eigenvalue weighted by Gasteiger charge is -2.15. The van der Waals surface area contributed by atoms with Crippen LogP contribution in [0.15, 0.2) is 0 Å². The van der Waals surface area contributed by atoms with Crippen molar-refractivity contribution in [3.63, 3.8) is 0 Å². The molecular weight excluding hydrogens is 152 g/mol. The highest BCUT2D eigenvalue weighted by Gasteiger charge is 2.26. The fourth-order valence-corrected chi connectivity index (χ4v) is 0.569. The van der Waals surface area contributed by atoms with E-state index in [1.165, 1.54) is 0 Å². The summed E-state index contributed by atoms with van der Waals surface area (Å²) in [5.74, 6) is 0.224. The monoisotopic (exact) mass is 168 g/mol. The summed E-state index contributed by atoms with van der Waals surface area (Å²) < 4.78 is 0. The number of carbonyl (C=O) groups excluding carboxylic acids is 1. The van der Waals surface area contributed by atoms with Crippen LogP contribution >= 0.6 is 0 Å². The lowest BCUT2D eigenvalue weighted by molar-refractivity contribution is -0.126. The van der Waals surface area contributed by atoms with Gasteiger partial charge in [-0.15, -0.1) is 0 Å². The minimum atomic E-state index is -0.908. The summed E-state index contributed by atoms with van der Waals surface area (Å²) >= 11 is 0. The van der Waals surface area contributed by atoms with Gasteiger partial charge in [-0.2, -0.15) is 5.26 Å². The van der Waals surface area contributed by atoms with Gasteiger partial charge in [-0.25, -0.2) is 0 Å². The van der Waals surface area contributed by atoms with E-state index in [-0.39, 0.29) is 5.91 Å². The topological polar surface area (TPSA) is 52.9 Å². The quantitative estimate of drug-likeness (QED) is 0.690. The van der Waals surface area contributed by atoms with Crippen molar-refractivity contribution < 1.29 is 4.79 Å². The molecule has 0 spiro atoms. The number of nitrogens with zero attached hydrogens (tertiary/aromatic N) is 1. The molecule has 0 aliphatic carbocycles. The predicted molar refractivity (Wildman–Crippen MR) is 47.2 cm³/mol. The van der Waals surface area contributed by atoms with E-state index in [9.17, 15) is 4.79 Å². The maximum Gasteiger partial charge on any atom is 0.239 e. The molecule has 0 aromatic rings. The van der Waals surface area contributed by atoms with Gasteiger partial charge in [-0.05, 0) is 19.8 Å². The van der Waals surface area contributed by atoms with Gasteiger partial charge in [0.25, 0.3) is 0 Å². The standard InChI is InChI=1S/C9H16N2O/c1-7(2)5-11-8(12)9(3,4)6-10/h7H,5H2,1-4H3,(H,11,12). The maximum absolute atomic E-state index is 11.3. The normalized spacial score (nSPS) is 11.0. The van der Waals surface area contributed by atoms with Crippen LogP contribution in [-0.4, -0.2) is 12.5 Å². The van der Waals surface area contributed by atoms with Crippen LogP contribution < -0.4 is 5.32 Å². The molecule has 0 aromatic heterocycles. The molecule has 0 bridgehead atoms. The summed E-state index contributed by atoms with van der Waals surface area (Å²) in [7, 11) is 0.